The number of aliphatic hydroxyl groups excluding tert-OH is 2. The van der Waals surface area contributed by atoms with E-state index in [1.807, 2.05) is 0 Å². The van der Waals surface area contributed by atoms with Gasteiger partial charge >= 0.3 is 11.9 Å². The average Bonchev–Trinajstić information content (AvgIpc) is 2.38. The molecule has 2 unspecified atom stereocenters. The van der Waals surface area contributed by atoms with Crippen LogP contribution in [-0.4, -0.2) is 59.3 Å². The minimum absolute atomic E-state index is 0.0200. The molecule has 0 aliphatic rings. The number of aliphatic carboxylic acids is 1. The van der Waals surface area contributed by atoms with E-state index < -0.39 is 18.0 Å². The molecule has 7 heteroatoms. The fraction of sp³-hybridized carbons (Fsp3) is 0.833. The zero-order valence-electron chi connectivity index (χ0n) is 11.1. The van der Waals surface area contributed by atoms with Crippen LogP contribution in [0.1, 0.15) is 32.6 Å². The predicted octanol–water partition coefficient (Wildman–Crippen LogP) is -0.0671. The second-order valence-corrected chi connectivity index (χ2v) is 4.26. The third-order valence-corrected chi connectivity index (χ3v) is 2.28. The Labute approximate surface area is 112 Å². The molecule has 0 rings (SSSR count). The first kappa shape index (κ1) is 17.8. The molecule has 0 spiro atoms. The second-order valence-electron chi connectivity index (χ2n) is 4.26. The lowest BCUT2D eigenvalue weighted by Crippen LogP contribution is -2.26. The number of rotatable bonds is 11. The van der Waals surface area contributed by atoms with Gasteiger partial charge in [-0.25, -0.2) is 0 Å². The van der Waals surface area contributed by atoms with Gasteiger partial charge in [-0.2, -0.15) is 0 Å². The van der Waals surface area contributed by atoms with E-state index in [-0.39, 0.29) is 38.8 Å². The van der Waals surface area contributed by atoms with Gasteiger partial charge in [-0.3, -0.25) is 9.59 Å². The molecule has 112 valence electrons. The number of hydrogen-bond acceptors (Lipinski definition) is 6. The van der Waals surface area contributed by atoms with E-state index in [2.05, 4.69) is 0 Å². The van der Waals surface area contributed by atoms with Gasteiger partial charge in [-0.15, -0.1) is 0 Å². The maximum atomic E-state index is 11.3. The van der Waals surface area contributed by atoms with Crippen molar-refractivity contribution in [2.45, 2.75) is 44.8 Å². The molecule has 0 saturated heterocycles. The van der Waals surface area contributed by atoms with Crippen LogP contribution >= 0.6 is 0 Å². The van der Waals surface area contributed by atoms with Gasteiger partial charge in [-0.1, -0.05) is 0 Å². The van der Waals surface area contributed by atoms with E-state index in [9.17, 15) is 9.59 Å². The van der Waals surface area contributed by atoms with Crippen molar-refractivity contribution in [1.29, 1.82) is 0 Å². The minimum Gasteiger partial charge on any atom is -0.481 e. The fourth-order valence-electron chi connectivity index (χ4n) is 1.20. The molecule has 0 heterocycles. The molecule has 0 aliphatic heterocycles. The van der Waals surface area contributed by atoms with Gasteiger partial charge in [-0.05, 0) is 19.8 Å². The summed E-state index contributed by atoms with van der Waals surface area (Å²) in [6, 6.07) is 0. The highest BCUT2D eigenvalue weighted by molar-refractivity contribution is 5.69. The minimum atomic E-state index is -0.936. The summed E-state index contributed by atoms with van der Waals surface area (Å²) in [7, 11) is 0. The number of aliphatic hydroxyl groups is 2. The van der Waals surface area contributed by atoms with Crippen LogP contribution in [0, 0.1) is 0 Å². The number of carboxylic acid groups (broad SMARTS) is 1. The molecule has 2 atom stereocenters. The number of esters is 1. The smallest absolute Gasteiger partial charge is 0.305 e. The summed E-state index contributed by atoms with van der Waals surface area (Å²) in [4.78, 5) is 21.5. The Kier molecular flexibility index (Phi) is 10.1. The first-order valence-electron chi connectivity index (χ1n) is 6.23. The van der Waals surface area contributed by atoms with Crippen molar-refractivity contribution in [3.63, 3.8) is 0 Å². The van der Waals surface area contributed by atoms with Gasteiger partial charge in [0.05, 0.1) is 19.3 Å². The summed E-state index contributed by atoms with van der Waals surface area (Å²) in [5.41, 5.74) is 0. The van der Waals surface area contributed by atoms with Gasteiger partial charge in [0.25, 0.3) is 0 Å². The molecular weight excluding hydrogens is 256 g/mol. The number of carboxylic acids is 1. The summed E-state index contributed by atoms with van der Waals surface area (Å²) in [6.07, 6.45) is -0.160. The van der Waals surface area contributed by atoms with E-state index in [1.54, 1.807) is 6.92 Å². The molecule has 0 radical (unpaired) electrons. The van der Waals surface area contributed by atoms with Crippen LogP contribution < -0.4 is 0 Å². The van der Waals surface area contributed by atoms with Crippen molar-refractivity contribution in [2.75, 3.05) is 19.8 Å². The number of hydrogen-bond donors (Lipinski definition) is 3. The summed E-state index contributed by atoms with van der Waals surface area (Å²) < 4.78 is 10.1. The highest BCUT2D eigenvalue weighted by Crippen LogP contribution is 2.02. The molecule has 0 aromatic carbocycles. The van der Waals surface area contributed by atoms with Crippen molar-refractivity contribution in [3.05, 3.63) is 0 Å². The molecule has 19 heavy (non-hydrogen) atoms. The molecule has 0 saturated carbocycles. The Balaban J connectivity index is 3.52. The van der Waals surface area contributed by atoms with Gasteiger partial charge in [0, 0.05) is 12.8 Å². The highest BCUT2D eigenvalue weighted by atomic mass is 16.6. The van der Waals surface area contributed by atoms with Crippen molar-refractivity contribution in [1.82, 2.24) is 0 Å². The van der Waals surface area contributed by atoms with Crippen molar-refractivity contribution < 1.29 is 34.4 Å². The predicted molar refractivity (Wildman–Crippen MR) is 65.6 cm³/mol. The lowest BCUT2D eigenvalue weighted by atomic mass is 10.2. The monoisotopic (exact) mass is 278 g/mol. The Bertz CT molecular complexity index is 267. The van der Waals surface area contributed by atoms with Gasteiger partial charge < -0.3 is 24.8 Å². The summed E-state index contributed by atoms with van der Waals surface area (Å²) in [5, 5.41) is 26.0. The molecule has 0 bridgehead atoms. The molecule has 0 aromatic rings. The quantitative estimate of drug-likeness (QED) is 0.358. The van der Waals surface area contributed by atoms with E-state index in [4.69, 9.17) is 24.8 Å². The maximum Gasteiger partial charge on any atom is 0.305 e. The van der Waals surface area contributed by atoms with Crippen molar-refractivity contribution in [3.8, 4) is 0 Å². The van der Waals surface area contributed by atoms with Crippen LogP contribution in [0.25, 0.3) is 0 Å². The SMILES string of the molecule is CC(COC(=O)CCCCC(=O)O)OCC(O)CO. The molecule has 0 fully saturated rings. The number of carbonyl (C=O) groups is 2. The van der Waals surface area contributed by atoms with E-state index in [0.717, 1.165) is 0 Å². The van der Waals surface area contributed by atoms with Crippen LogP contribution in [-0.2, 0) is 19.1 Å². The van der Waals surface area contributed by atoms with E-state index in [1.165, 1.54) is 0 Å². The second kappa shape index (κ2) is 10.7. The normalized spacial score (nSPS) is 13.8. The topological polar surface area (TPSA) is 113 Å². The molecule has 0 amide bonds. The van der Waals surface area contributed by atoms with Crippen LogP contribution in [0.3, 0.4) is 0 Å². The van der Waals surface area contributed by atoms with Crippen LogP contribution in [0.2, 0.25) is 0 Å². The van der Waals surface area contributed by atoms with E-state index >= 15 is 0 Å². The number of unbranched alkanes of at least 4 members (excludes halogenated alkanes) is 1. The largest absolute Gasteiger partial charge is 0.481 e. The Hall–Kier alpha value is -1.18. The summed E-state index contributed by atoms with van der Waals surface area (Å²) in [6.45, 7) is 1.35. The molecule has 0 aliphatic carbocycles. The van der Waals surface area contributed by atoms with Crippen molar-refractivity contribution in [2.24, 2.45) is 0 Å². The van der Waals surface area contributed by atoms with Crippen molar-refractivity contribution >= 4 is 11.9 Å². The number of ether oxygens (including phenoxy) is 2. The lowest BCUT2D eigenvalue weighted by molar-refractivity contribution is -0.148. The average molecular weight is 278 g/mol. The number of carbonyl (C=O) groups excluding carboxylic acids is 1. The molecule has 7 nitrogen and oxygen atoms in total. The van der Waals surface area contributed by atoms with Crippen LogP contribution in [0.5, 0.6) is 0 Å². The zero-order valence-corrected chi connectivity index (χ0v) is 11.1. The Morgan fingerprint density at radius 3 is 2.37 bits per heavy atom. The first-order chi connectivity index (χ1) is 8.95. The van der Waals surface area contributed by atoms with Gasteiger partial charge in [0.1, 0.15) is 12.7 Å². The van der Waals surface area contributed by atoms with E-state index in [0.29, 0.717) is 12.8 Å². The lowest BCUT2D eigenvalue weighted by Gasteiger charge is -2.15. The summed E-state index contributed by atoms with van der Waals surface area (Å²) in [5.74, 6) is -1.28. The third-order valence-electron chi connectivity index (χ3n) is 2.28. The first-order valence-corrected chi connectivity index (χ1v) is 6.23. The zero-order chi connectivity index (χ0) is 14.7. The van der Waals surface area contributed by atoms with Crippen LogP contribution in [0.4, 0.5) is 0 Å². The fourth-order valence-corrected chi connectivity index (χ4v) is 1.20. The van der Waals surface area contributed by atoms with Gasteiger partial charge in [0.2, 0.25) is 0 Å². The standard InChI is InChI=1S/C12H22O7/c1-9(18-8-10(14)6-13)7-19-12(17)5-3-2-4-11(15)16/h9-10,13-14H,2-8H2,1H3,(H,15,16). The van der Waals surface area contributed by atoms with Gasteiger partial charge in [0.15, 0.2) is 0 Å². The maximum absolute atomic E-state index is 11.3. The molecule has 3 N–H and O–H groups in total. The van der Waals surface area contributed by atoms with Crippen LogP contribution in [0.15, 0.2) is 0 Å². The molecular formula is C12H22O7. The Morgan fingerprint density at radius 2 is 1.79 bits per heavy atom. The Morgan fingerprint density at radius 1 is 1.16 bits per heavy atom. The highest BCUT2D eigenvalue weighted by Gasteiger charge is 2.10. The third kappa shape index (κ3) is 11.6. The summed E-state index contributed by atoms with van der Waals surface area (Å²) >= 11 is 0. The molecule has 0 aromatic heterocycles.